The van der Waals surface area contributed by atoms with Gasteiger partial charge in [-0.2, -0.15) is 0 Å². The van der Waals surface area contributed by atoms with E-state index in [1.807, 2.05) is 55.6 Å². The van der Waals surface area contributed by atoms with E-state index >= 15 is 0 Å². The van der Waals surface area contributed by atoms with E-state index in [4.69, 9.17) is 4.74 Å². The molecule has 0 radical (unpaired) electrons. The lowest BCUT2D eigenvalue weighted by atomic mass is 10.0. The van der Waals surface area contributed by atoms with Gasteiger partial charge in [-0.3, -0.25) is 4.79 Å². The van der Waals surface area contributed by atoms with Crippen LogP contribution in [-0.4, -0.2) is 26.6 Å². The fraction of sp³-hybridized carbons (Fsp3) is 0.278. The van der Waals surface area contributed by atoms with Crippen molar-refractivity contribution in [1.29, 1.82) is 0 Å². The zero-order valence-electron chi connectivity index (χ0n) is 13.1. The topological polar surface area (TPSA) is 50.4 Å². The SMILES string of the molecule is CNCCc1ccccc1C(=O)Nc1cccc(COC)c1. The highest BCUT2D eigenvalue weighted by atomic mass is 16.5. The average Bonchev–Trinajstić information content (AvgIpc) is 2.54. The summed E-state index contributed by atoms with van der Waals surface area (Å²) >= 11 is 0. The summed E-state index contributed by atoms with van der Waals surface area (Å²) in [6.45, 7) is 1.37. The maximum Gasteiger partial charge on any atom is 0.255 e. The highest BCUT2D eigenvalue weighted by molar-refractivity contribution is 6.05. The maximum absolute atomic E-state index is 12.5. The molecule has 0 aliphatic carbocycles. The molecule has 0 atom stereocenters. The van der Waals surface area contributed by atoms with Crippen LogP contribution in [0.3, 0.4) is 0 Å². The Labute approximate surface area is 131 Å². The molecule has 0 aliphatic rings. The van der Waals surface area contributed by atoms with E-state index in [0.717, 1.165) is 35.3 Å². The van der Waals surface area contributed by atoms with Crippen molar-refractivity contribution < 1.29 is 9.53 Å². The summed E-state index contributed by atoms with van der Waals surface area (Å²) in [6.07, 6.45) is 0.823. The van der Waals surface area contributed by atoms with E-state index in [1.165, 1.54) is 0 Å². The van der Waals surface area contributed by atoms with Crippen LogP contribution in [0.25, 0.3) is 0 Å². The molecule has 4 heteroatoms. The third kappa shape index (κ3) is 4.41. The molecule has 0 saturated heterocycles. The number of carbonyl (C=O) groups excluding carboxylic acids is 1. The molecular weight excluding hydrogens is 276 g/mol. The van der Waals surface area contributed by atoms with E-state index < -0.39 is 0 Å². The fourth-order valence-corrected chi connectivity index (χ4v) is 2.32. The summed E-state index contributed by atoms with van der Waals surface area (Å²) in [5.41, 5.74) is 3.57. The average molecular weight is 298 g/mol. The lowest BCUT2D eigenvalue weighted by molar-refractivity contribution is 0.102. The van der Waals surface area contributed by atoms with Gasteiger partial charge >= 0.3 is 0 Å². The monoisotopic (exact) mass is 298 g/mol. The highest BCUT2D eigenvalue weighted by Gasteiger charge is 2.11. The van der Waals surface area contributed by atoms with Crippen molar-refractivity contribution in [1.82, 2.24) is 5.32 Å². The lowest BCUT2D eigenvalue weighted by Gasteiger charge is -2.11. The minimum absolute atomic E-state index is 0.0822. The Balaban J connectivity index is 2.13. The summed E-state index contributed by atoms with van der Waals surface area (Å²) in [6, 6.07) is 15.4. The number of ether oxygens (including phenoxy) is 1. The second-order valence-electron chi connectivity index (χ2n) is 5.10. The van der Waals surface area contributed by atoms with Crippen LogP contribution in [0.5, 0.6) is 0 Å². The minimum Gasteiger partial charge on any atom is -0.380 e. The number of hydrogen-bond acceptors (Lipinski definition) is 3. The first kappa shape index (κ1) is 16.2. The van der Waals surface area contributed by atoms with Crippen molar-refractivity contribution in [3.05, 3.63) is 65.2 Å². The number of amides is 1. The van der Waals surface area contributed by atoms with Gasteiger partial charge in [-0.05, 0) is 49.3 Å². The number of carbonyl (C=O) groups is 1. The second kappa shape index (κ2) is 8.32. The maximum atomic E-state index is 12.5. The van der Waals surface area contributed by atoms with Gasteiger partial charge in [-0.1, -0.05) is 30.3 Å². The van der Waals surface area contributed by atoms with Crippen LogP contribution in [0, 0.1) is 0 Å². The van der Waals surface area contributed by atoms with Crippen molar-refractivity contribution in [2.75, 3.05) is 26.0 Å². The van der Waals surface area contributed by atoms with Crippen LogP contribution >= 0.6 is 0 Å². The first-order valence-electron chi connectivity index (χ1n) is 7.36. The molecule has 0 bridgehead atoms. The molecule has 0 aliphatic heterocycles. The molecule has 22 heavy (non-hydrogen) atoms. The van der Waals surface area contributed by atoms with Crippen LogP contribution < -0.4 is 10.6 Å². The normalized spacial score (nSPS) is 10.5. The van der Waals surface area contributed by atoms with Gasteiger partial charge in [0.05, 0.1) is 6.61 Å². The van der Waals surface area contributed by atoms with E-state index in [-0.39, 0.29) is 5.91 Å². The summed E-state index contributed by atoms with van der Waals surface area (Å²) < 4.78 is 5.12. The van der Waals surface area contributed by atoms with Crippen LogP contribution in [0.1, 0.15) is 21.5 Å². The van der Waals surface area contributed by atoms with Crippen molar-refractivity contribution in [2.24, 2.45) is 0 Å². The molecule has 116 valence electrons. The third-order valence-electron chi connectivity index (χ3n) is 3.40. The van der Waals surface area contributed by atoms with Gasteiger partial charge in [-0.15, -0.1) is 0 Å². The molecule has 2 aromatic rings. The Morgan fingerprint density at radius 3 is 2.73 bits per heavy atom. The first-order valence-corrected chi connectivity index (χ1v) is 7.36. The van der Waals surface area contributed by atoms with Crippen molar-refractivity contribution in [2.45, 2.75) is 13.0 Å². The predicted molar refractivity (Wildman–Crippen MR) is 89.2 cm³/mol. The smallest absolute Gasteiger partial charge is 0.255 e. The standard InChI is InChI=1S/C18H22N2O2/c1-19-11-10-15-7-3-4-9-17(15)18(21)20-16-8-5-6-14(12-16)13-22-2/h3-9,12,19H,10-11,13H2,1-2H3,(H,20,21). The molecule has 0 aromatic heterocycles. The first-order chi connectivity index (χ1) is 10.7. The minimum atomic E-state index is -0.0822. The zero-order valence-corrected chi connectivity index (χ0v) is 13.1. The number of nitrogens with one attached hydrogen (secondary N) is 2. The molecule has 2 aromatic carbocycles. The van der Waals surface area contributed by atoms with E-state index in [1.54, 1.807) is 7.11 Å². The molecule has 2 N–H and O–H groups in total. The largest absolute Gasteiger partial charge is 0.380 e. The second-order valence-corrected chi connectivity index (χ2v) is 5.10. The third-order valence-corrected chi connectivity index (χ3v) is 3.40. The van der Waals surface area contributed by atoms with Crippen molar-refractivity contribution in [3.63, 3.8) is 0 Å². The molecule has 1 amide bonds. The Hall–Kier alpha value is -2.17. The van der Waals surface area contributed by atoms with Gasteiger partial charge in [0.15, 0.2) is 0 Å². The van der Waals surface area contributed by atoms with Crippen LogP contribution in [0.4, 0.5) is 5.69 Å². The molecule has 0 saturated carbocycles. The summed E-state index contributed by atoms with van der Waals surface area (Å²) in [7, 11) is 3.56. The number of methoxy groups -OCH3 is 1. The summed E-state index contributed by atoms with van der Waals surface area (Å²) in [5.74, 6) is -0.0822. The molecular formula is C18H22N2O2. The Morgan fingerprint density at radius 2 is 1.95 bits per heavy atom. The molecule has 0 unspecified atom stereocenters. The Bertz CT molecular complexity index is 626. The van der Waals surface area contributed by atoms with Gasteiger partial charge in [0.1, 0.15) is 0 Å². The number of benzene rings is 2. The summed E-state index contributed by atoms with van der Waals surface area (Å²) in [5, 5.41) is 6.07. The highest BCUT2D eigenvalue weighted by Crippen LogP contribution is 2.15. The van der Waals surface area contributed by atoms with Crippen molar-refractivity contribution >= 4 is 11.6 Å². The van der Waals surface area contributed by atoms with Gasteiger partial charge in [-0.25, -0.2) is 0 Å². The Morgan fingerprint density at radius 1 is 1.14 bits per heavy atom. The number of anilines is 1. The number of likely N-dealkylation sites (N-methyl/N-ethyl adjacent to an activating group) is 1. The predicted octanol–water partition coefficient (Wildman–Crippen LogP) is 2.85. The fourth-order valence-electron chi connectivity index (χ4n) is 2.32. The Kier molecular flexibility index (Phi) is 6.13. The number of hydrogen-bond donors (Lipinski definition) is 2. The van der Waals surface area contributed by atoms with Crippen molar-refractivity contribution in [3.8, 4) is 0 Å². The van der Waals surface area contributed by atoms with E-state index in [0.29, 0.717) is 6.61 Å². The van der Waals surface area contributed by atoms with Gasteiger partial charge in [0.25, 0.3) is 5.91 Å². The number of rotatable bonds is 7. The molecule has 4 nitrogen and oxygen atoms in total. The van der Waals surface area contributed by atoms with Gasteiger partial charge < -0.3 is 15.4 Å². The molecule has 0 heterocycles. The molecule has 0 fully saturated rings. The van der Waals surface area contributed by atoms with E-state index in [9.17, 15) is 4.79 Å². The van der Waals surface area contributed by atoms with E-state index in [2.05, 4.69) is 10.6 Å². The van der Waals surface area contributed by atoms with Crippen LogP contribution in [0.2, 0.25) is 0 Å². The van der Waals surface area contributed by atoms with Crippen LogP contribution in [0.15, 0.2) is 48.5 Å². The quantitative estimate of drug-likeness (QED) is 0.826. The van der Waals surface area contributed by atoms with Gasteiger partial charge in [0, 0.05) is 18.4 Å². The molecule has 0 spiro atoms. The van der Waals surface area contributed by atoms with Gasteiger partial charge in [0.2, 0.25) is 0 Å². The zero-order chi connectivity index (χ0) is 15.8. The molecule has 2 rings (SSSR count). The van der Waals surface area contributed by atoms with Crippen LogP contribution in [-0.2, 0) is 17.8 Å². The lowest BCUT2D eigenvalue weighted by Crippen LogP contribution is -2.17. The summed E-state index contributed by atoms with van der Waals surface area (Å²) in [4.78, 5) is 12.5.